The summed E-state index contributed by atoms with van der Waals surface area (Å²) in [6.07, 6.45) is -0.612. The molecule has 0 spiro atoms. The van der Waals surface area contributed by atoms with Gasteiger partial charge in [-0.25, -0.2) is 0 Å². The van der Waals surface area contributed by atoms with E-state index < -0.39 is 6.10 Å². The van der Waals surface area contributed by atoms with Gasteiger partial charge in [-0.15, -0.1) is 0 Å². The Morgan fingerprint density at radius 1 is 0.793 bits per heavy atom. The molecule has 0 aromatic heterocycles. The topological polar surface area (TPSA) is 76.4 Å². The lowest BCUT2D eigenvalue weighted by atomic mass is 10.1. The average Bonchev–Trinajstić information content (AvgIpc) is 2.75. The Bertz CT molecular complexity index is 970. The van der Waals surface area contributed by atoms with Crippen molar-refractivity contribution in [2.75, 3.05) is 44.2 Å². The SMILES string of the molecule is Oc1ccccc1N1CCN(CC(O)COc2ccc(O)c3ccccc23)CC1. The van der Waals surface area contributed by atoms with E-state index in [1.54, 1.807) is 18.2 Å². The number of phenols is 2. The van der Waals surface area contributed by atoms with E-state index in [0.29, 0.717) is 18.0 Å². The summed E-state index contributed by atoms with van der Waals surface area (Å²) in [7, 11) is 0. The number of β-amino-alcohol motifs (C(OH)–C–C–N with tert-alkyl or cyclic N) is 1. The summed E-state index contributed by atoms with van der Waals surface area (Å²) in [4.78, 5) is 4.37. The van der Waals surface area contributed by atoms with Gasteiger partial charge < -0.3 is 25.0 Å². The molecule has 6 nitrogen and oxygen atoms in total. The van der Waals surface area contributed by atoms with Crippen molar-refractivity contribution in [3.8, 4) is 17.2 Å². The van der Waals surface area contributed by atoms with Crippen molar-refractivity contribution in [3.63, 3.8) is 0 Å². The molecule has 3 N–H and O–H groups in total. The van der Waals surface area contributed by atoms with E-state index in [4.69, 9.17) is 4.74 Å². The summed E-state index contributed by atoms with van der Waals surface area (Å²) in [6.45, 7) is 3.95. The number of hydrogen-bond acceptors (Lipinski definition) is 6. The van der Waals surface area contributed by atoms with E-state index in [1.807, 2.05) is 42.5 Å². The first-order valence-corrected chi connectivity index (χ1v) is 9.88. The number of nitrogens with zero attached hydrogens (tertiary/aromatic N) is 2. The molecular weight excluding hydrogens is 368 g/mol. The smallest absolute Gasteiger partial charge is 0.138 e. The van der Waals surface area contributed by atoms with Crippen molar-refractivity contribution in [2.45, 2.75) is 6.10 Å². The lowest BCUT2D eigenvalue weighted by Gasteiger charge is -2.37. The van der Waals surface area contributed by atoms with E-state index in [-0.39, 0.29) is 12.4 Å². The van der Waals surface area contributed by atoms with Crippen molar-refractivity contribution < 1.29 is 20.1 Å². The summed E-state index contributed by atoms with van der Waals surface area (Å²) in [5.41, 5.74) is 0.857. The van der Waals surface area contributed by atoms with Gasteiger partial charge in [0.25, 0.3) is 0 Å². The summed E-state index contributed by atoms with van der Waals surface area (Å²) >= 11 is 0. The fraction of sp³-hybridized carbons (Fsp3) is 0.304. The zero-order valence-corrected chi connectivity index (χ0v) is 16.2. The second-order valence-corrected chi connectivity index (χ2v) is 7.37. The first kappa shape index (κ1) is 19.4. The Morgan fingerprint density at radius 3 is 2.24 bits per heavy atom. The third-order valence-corrected chi connectivity index (χ3v) is 5.36. The predicted molar refractivity (Wildman–Crippen MR) is 114 cm³/mol. The second-order valence-electron chi connectivity index (χ2n) is 7.37. The minimum Gasteiger partial charge on any atom is -0.507 e. The van der Waals surface area contributed by atoms with Crippen molar-refractivity contribution in [1.29, 1.82) is 0 Å². The maximum absolute atomic E-state index is 10.4. The molecule has 6 heteroatoms. The highest BCUT2D eigenvalue weighted by molar-refractivity contribution is 5.92. The molecule has 1 aliphatic rings. The Hall–Kier alpha value is -2.96. The van der Waals surface area contributed by atoms with Crippen LogP contribution in [0.5, 0.6) is 17.2 Å². The Balaban J connectivity index is 1.30. The van der Waals surface area contributed by atoms with Gasteiger partial charge in [-0.1, -0.05) is 36.4 Å². The molecule has 3 aromatic rings. The van der Waals surface area contributed by atoms with Gasteiger partial charge in [0.2, 0.25) is 0 Å². The maximum atomic E-state index is 10.4. The van der Waals surface area contributed by atoms with Crippen LogP contribution in [0.1, 0.15) is 0 Å². The number of piperazine rings is 1. The highest BCUT2D eigenvalue weighted by Crippen LogP contribution is 2.32. The van der Waals surface area contributed by atoms with Gasteiger partial charge in [-0.2, -0.15) is 0 Å². The maximum Gasteiger partial charge on any atom is 0.138 e. The summed E-state index contributed by atoms with van der Waals surface area (Å²) < 4.78 is 5.85. The number of ether oxygens (including phenoxy) is 1. The van der Waals surface area contributed by atoms with Crippen LogP contribution in [-0.4, -0.2) is 65.7 Å². The lowest BCUT2D eigenvalue weighted by molar-refractivity contribution is 0.0668. The minimum atomic E-state index is -0.612. The molecule has 3 aromatic carbocycles. The summed E-state index contributed by atoms with van der Waals surface area (Å²) in [5, 5.41) is 32.0. The molecular formula is C23H26N2O4. The van der Waals surface area contributed by atoms with Gasteiger partial charge in [0, 0.05) is 43.5 Å². The fourth-order valence-corrected chi connectivity index (χ4v) is 3.82. The number of para-hydroxylation sites is 2. The third kappa shape index (κ3) is 4.39. The van der Waals surface area contributed by atoms with E-state index in [1.165, 1.54) is 0 Å². The molecule has 152 valence electrons. The van der Waals surface area contributed by atoms with Crippen LogP contribution >= 0.6 is 0 Å². The number of rotatable bonds is 6. The van der Waals surface area contributed by atoms with Crippen LogP contribution in [0.2, 0.25) is 0 Å². The van der Waals surface area contributed by atoms with E-state index in [9.17, 15) is 15.3 Å². The van der Waals surface area contributed by atoms with E-state index in [0.717, 1.165) is 42.6 Å². The van der Waals surface area contributed by atoms with Crippen LogP contribution in [0.3, 0.4) is 0 Å². The molecule has 4 rings (SSSR count). The number of fused-ring (bicyclic) bond motifs is 1. The zero-order chi connectivity index (χ0) is 20.2. The molecule has 0 saturated carbocycles. The minimum absolute atomic E-state index is 0.189. The lowest BCUT2D eigenvalue weighted by Crippen LogP contribution is -2.49. The number of aliphatic hydroxyl groups is 1. The van der Waals surface area contributed by atoms with Crippen LogP contribution in [0, 0.1) is 0 Å². The first-order chi connectivity index (χ1) is 14.1. The number of hydrogen-bond donors (Lipinski definition) is 3. The van der Waals surface area contributed by atoms with Crippen molar-refractivity contribution in [1.82, 2.24) is 4.90 Å². The van der Waals surface area contributed by atoms with Crippen LogP contribution in [0.15, 0.2) is 60.7 Å². The molecule has 1 unspecified atom stereocenters. The van der Waals surface area contributed by atoms with Crippen molar-refractivity contribution in [2.24, 2.45) is 0 Å². The molecule has 0 amide bonds. The van der Waals surface area contributed by atoms with E-state index in [2.05, 4.69) is 9.80 Å². The highest BCUT2D eigenvalue weighted by Gasteiger charge is 2.21. The van der Waals surface area contributed by atoms with Gasteiger partial charge in [0.05, 0.1) is 5.69 Å². The number of phenolic OH excluding ortho intramolecular Hbond substituents is 2. The molecule has 0 radical (unpaired) electrons. The molecule has 1 aliphatic heterocycles. The number of anilines is 1. The third-order valence-electron chi connectivity index (χ3n) is 5.36. The van der Waals surface area contributed by atoms with Crippen molar-refractivity contribution in [3.05, 3.63) is 60.7 Å². The predicted octanol–water partition coefficient (Wildman–Crippen LogP) is 2.81. The monoisotopic (exact) mass is 394 g/mol. The molecule has 1 fully saturated rings. The Morgan fingerprint density at radius 2 is 1.48 bits per heavy atom. The van der Waals surface area contributed by atoms with Crippen LogP contribution in [0.4, 0.5) is 5.69 Å². The van der Waals surface area contributed by atoms with E-state index >= 15 is 0 Å². The molecule has 0 aliphatic carbocycles. The number of aliphatic hydroxyl groups excluding tert-OH is 1. The van der Waals surface area contributed by atoms with Gasteiger partial charge in [0.1, 0.15) is 30.0 Å². The summed E-state index contributed by atoms with van der Waals surface area (Å²) in [5.74, 6) is 1.17. The standard InChI is InChI=1S/C23H26N2O4/c26-17(16-29-23-10-9-21(27)18-5-1-2-6-19(18)23)15-24-11-13-25(14-12-24)20-7-3-4-8-22(20)28/h1-10,17,26-28H,11-16H2. The second kappa shape index (κ2) is 8.59. The van der Waals surface area contributed by atoms with Gasteiger partial charge in [-0.05, 0) is 24.3 Å². The zero-order valence-electron chi connectivity index (χ0n) is 16.2. The highest BCUT2D eigenvalue weighted by atomic mass is 16.5. The normalized spacial score (nSPS) is 16.1. The molecule has 1 atom stereocenters. The number of benzene rings is 3. The van der Waals surface area contributed by atoms with Gasteiger partial charge in [-0.3, -0.25) is 4.90 Å². The molecule has 29 heavy (non-hydrogen) atoms. The summed E-state index contributed by atoms with van der Waals surface area (Å²) in [6, 6.07) is 18.2. The van der Waals surface area contributed by atoms with Gasteiger partial charge >= 0.3 is 0 Å². The Kier molecular flexibility index (Phi) is 5.74. The average molecular weight is 394 g/mol. The molecule has 1 heterocycles. The first-order valence-electron chi connectivity index (χ1n) is 9.88. The van der Waals surface area contributed by atoms with Gasteiger partial charge in [0.15, 0.2) is 0 Å². The Labute approximate surface area is 170 Å². The van der Waals surface area contributed by atoms with Crippen LogP contribution in [0.25, 0.3) is 10.8 Å². The fourth-order valence-electron chi connectivity index (χ4n) is 3.82. The largest absolute Gasteiger partial charge is 0.507 e. The number of aromatic hydroxyl groups is 2. The van der Waals surface area contributed by atoms with Crippen molar-refractivity contribution >= 4 is 16.5 Å². The quantitative estimate of drug-likeness (QED) is 0.597. The molecule has 0 bridgehead atoms. The molecule has 1 saturated heterocycles. The van der Waals surface area contributed by atoms with Crippen LogP contribution in [-0.2, 0) is 0 Å². The van der Waals surface area contributed by atoms with Crippen LogP contribution < -0.4 is 9.64 Å².